The minimum absolute atomic E-state index is 0.278. The molecule has 1 aliphatic rings. The summed E-state index contributed by atoms with van der Waals surface area (Å²) >= 11 is 0. The van der Waals surface area contributed by atoms with E-state index in [2.05, 4.69) is 17.6 Å². The van der Waals surface area contributed by atoms with Crippen molar-refractivity contribution in [1.29, 1.82) is 0 Å². The minimum Gasteiger partial charge on any atom is -0.462 e. The van der Waals surface area contributed by atoms with E-state index in [-0.39, 0.29) is 12.5 Å². The molecule has 3 aromatic carbocycles. The molecule has 0 bridgehead atoms. The molecule has 1 unspecified atom stereocenters. The molecule has 8 nitrogen and oxygen atoms in total. The van der Waals surface area contributed by atoms with Gasteiger partial charge < -0.3 is 20.3 Å². The summed E-state index contributed by atoms with van der Waals surface area (Å²) in [7, 11) is 1.68. The van der Waals surface area contributed by atoms with Crippen LogP contribution >= 0.6 is 0 Å². The van der Waals surface area contributed by atoms with Crippen LogP contribution in [0.15, 0.2) is 77.8 Å². The molecular formula is C28H28N4O4. The summed E-state index contributed by atoms with van der Waals surface area (Å²) in [6.07, 6.45) is -0.298. The number of aryl methyl sites for hydroxylation is 1. The quantitative estimate of drug-likeness (QED) is 0.507. The summed E-state index contributed by atoms with van der Waals surface area (Å²) in [5, 5.41) is 5.38. The average molecular weight is 485 g/mol. The Labute approximate surface area is 210 Å². The number of fused-ring (bicyclic) bond motifs is 1. The molecule has 36 heavy (non-hydrogen) atoms. The fourth-order valence-corrected chi connectivity index (χ4v) is 3.96. The van der Waals surface area contributed by atoms with Crippen LogP contribution in [0, 0.1) is 0 Å². The second-order valence-corrected chi connectivity index (χ2v) is 8.24. The molecule has 0 aliphatic carbocycles. The van der Waals surface area contributed by atoms with Crippen LogP contribution < -0.4 is 15.5 Å². The van der Waals surface area contributed by atoms with Crippen LogP contribution in [-0.4, -0.2) is 43.4 Å². The number of hydrogen-bond donors (Lipinski definition) is 2. The van der Waals surface area contributed by atoms with Crippen molar-refractivity contribution in [3.05, 3.63) is 95.1 Å². The van der Waals surface area contributed by atoms with E-state index < -0.39 is 18.2 Å². The monoisotopic (exact) mass is 484 g/mol. The number of ether oxygens (including phenoxy) is 1. The molecule has 0 radical (unpaired) electrons. The summed E-state index contributed by atoms with van der Waals surface area (Å²) in [6, 6.07) is 21.2. The first-order chi connectivity index (χ1) is 17.4. The Kier molecular flexibility index (Phi) is 7.44. The maximum atomic E-state index is 13.3. The van der Waals surface area contributed by atoms with Crippen LogP contribution in [0.1, 0.15) is 40.9 Å². The SMILES string of the molecule is CCOC(=O)c1ccc(NC(=O)NC2N=C(c3ccccc3)c3cc(CC)ccc3N(C)C2=O)cc1. The van der Waals surface area contributed by atoms with E-state index in [1.807, 2.05) is 48.5 Å². The smallest absolute Gasteiger partial charge is 0.338 e. The summed E-state index contributed by atoms with van der Waals surface area (Å²) in [6.45, 7) is 4.08. The van der Waals surface area contributed by atoms with E-state index in [0.29, 0.717) is 17.0 Å². The van der Waals surface area contributed by atoms with Crippen LogP contribution in [0.5, 0.6) is 0 Å². The zero-order chi connectivity index (χ0) is 25.7. The fourth-order valence-electron chi connectivity index (χ4n) is 3.96. The molecule has 0 spiro atoms. The van der Waals surface area contributed by atoms with Gasteiger partial charge in [-0.05, 0) is 55.3 Å². The zero-order valence-electron chi connectivity index (χ0n) is 20.4. The summed E-state index contributed by atoms with van der Waals surface area (Å²) in [5.41, 5.74) is 4.98. The van der Waals surface area contributed by atoms with Gasteiger partial charge in [0.15, 0.2) is 0 Å². The second kappa shape index (κ2) is 10.9. The lowest BCUT2D eigenvalue weighted by Crippen LogP contribution is -2.47. The molecule has 0 fully saturated rings. The van der Waals surface area contributed by atoms with E-state index >= 15 is 0 Å². The third-order valence-electron chi connectivity index (χ3n) is 5.88. The third-order valence-corrected chi connectivity index (χ3v) is 5.88. The van der Waals surface area contributed by atoms with E-state index in [0.717, 1.165) is 28.8 Å². The number of urea groups is 1. The predicted octanol–water partition coefficient (Wildman–Crippen LogP) is 4.39. The van der Waals surface area contributed by atoms with E-state index in [9.17, 15) is 14.4 Å². The standard InChI is InChI=1S/C28H28N4O4/c1-4-18-11-16-23-22(17-18)24(19-9-7-6-8-10-19)30-25(26(33)32(23)3)31-28(35)29-21-14-12-20(13-15-21)27(34)36-5-2/h6-17,25H,4-5H2,1-3H3,(H2,29,31,35). The number of carbonyl (C=O) groups excluding carboxylic acids is 3. The molecule has 0 saturated carbocycles. The number of hydrogen-bond acceptors (Lipinski definition) is 5. The van der Waals surface area contributed by atoms with Gasteiger partial charge in [0.1, 0.15) is 0 Å². The van der Waals surface area contributed by atoms with Crippen molar-refractivity contribution in [2.24, 2.45) is 4.99 Å². The van der Waals surface area contributed by atoms with Crippen LogP contribution in [-0.2, 0) is 16.0 Å². The lowest BCUT2D eigenvalue weighted by atomic mass is 9.97. The predicted molar refractivity (Wildman–Crippen MR) is 140 cm³/mol. The number of nitrogens with one attached hydrogen (secondary N) is 2. The molecule has 2 N–H and O–H groups in total. The minimum atomic E-state index is -1.14. The van der Waals surface area contributed by atoms with Crippen molar-refractivity contribution in [2.45, 2.75) is 26.4 Å². The number of benzodiazepines with no additional fused rings is 1. The van der Waals surface area contributed by atoms with Gasteiger partial charge in [-0.1, -0.05) is 43.3 Å². The Hall–Kier alpha value is -4.46. The summed E-state index contributed by atoms with van der Waals surface area (Å²) < 4.78 is 4.98. The maximum Gasteiger partial charge on any atom is 0.338 e. The second-order valence-electron chi connectivity index (χ2n) is 8.24. The van der Waals surface area contributed by atoms with Crippen molar-refractivity contribution in [3.8, 4) is 0 Å². The molecule has 184 valence electrons. The van der Waals surface area contributed by atoms with Gasteiger partial charge in [0.2, 0.25) is 6.17 Å². The highest BCUT2D eigenvalue weighted by atomic mass is 16.5. The lowest BCUT2D eigenvalue weighted by molar-refractivity contribution is -0.119. The molecule has 1 aliphatic heterocycles. The molecule has 3 amide bonds. The Morgan fingerprint density at radius 3 is 2.39 bits per heavy atom. The molecule has 1 heterocycles. The topological polar surface area (TPSA) is 100 Å². The molecule has 0 saturated heterocycles. The Balaban J connectivity index is 1.62. The molecular weight excluding hydrogens is 456 g/mol. The van der Waals surface area contributed by atoms with Crippen molar-refractivity contribution in [3.63, 3.8) is 0 Å². The number of nitrogens with zero attached hydrogens (tertiary/aromatic N) is 2. The first kappa shape index (κ1) is 24.7. The van der Waals surface area contributed by atoms with Crippen molar-refractivity contribution in [2.75, 3.05) is 23.9 Å². The van der Waals surface area contributed by atoms with Crippen LogP contribution in [0.4, 0.5) is 16.2 Å². The van der Waals surface area contributed by atoms with Crippen LogP contribution in [0.2, 0.25) is 0 Å². The van der Waals surface area contributed by atoms with E-state index in [4.69, 9.17) is 9.73 Å². The molecule has 4 rings (SSSR count). The van der Waals surface area contributed by atoms with Gasteiger partial charge in [-0.2, -0.15) is 0 Å². The number of benzene rings is 3. The number of rotatable bonds is 6. The van der Waals surface area contributed by atoms with Gasteiger partial charge in [0.05, 0.1) is 23.6 Å². The highest BCUT2D eigenvalue weighted by Gasteiger charge is 2.31. The molecule has 3 aromatic rings. The first-order valence-electron chi connectivity index (χ1n) is 11.8. The van der Waals surface area contributed by atoms with Gasteiger partial charge in [-0.25, -0.2) is 14.6 Å². The Morgan fingerprint density at radius 2 is 1.72 bits per heavy atom. The van der Waals surface area contributed by atoms with E-state index in [1.165, 1.54) is 4.90 Å². The number of amides is 3. The highest BCUT2D eigenvalue weighted by molar-refractivity contribution is 6.20. The Bertz CT molecular complexity index is 1300. The van der Waals surface area contributed by atoms with Gasteiger partial charge >= 0.3 is 12.0 Å². The number of esters is 1. The highest BCUT2D eigenvalue weighted by Crippen LogP contribution is 2.28. The fraction of sp³-hybridized carbons (Fsp3) is 0.214. The maximum absolute atomic E-state index is 13.3. The van der Waals surface area contributed by atoms with Gasteiger partial charge in [-0.15, -0.1) is 0 Å². The number of anilines is 2. The normalized spacial score (nSPS) is 14.9. The summed E-state index contributed by atoms with van der Waals surface area (Å²) in [5.74, 6) is -0.798. The van der Waals surface area contributed by atoms with Gasteiger partial charge in [0.25, 0.3) is 5.91 Å². The van der Waals surface area contributed by atoms with Crippen molar-refractivity contribution in [1.82, 2.24) is 5.32 Å². The Morgan fingerprint density at radius 1 is 1.00 bits per heavy atom. The van der Waals surface area contributed by atoms with Crippen molar-refractivity contribution >= 4 is 35.0 Å². The molecule has 0 aromatic heterocycles. The first-order valence-corrected chi connectivity index (χ1v) is 11.8. The number of carbonyl (C=O) groups is 3. The van der Waals surface area contributed by atoms with Crippen LogP contribution in [0.3, 0.4) is 0 Å². The lowest BCUT2D eigenvalue weighted by Gasteiger charge is -2.21. The summed E-state index contributed by atoms with van der Waals surface area (Å²) in [4.78, 5) is 44.3. The zero-order valence-corrected chi connectivity index (χ0v) is 20.4. The number of likely N-dealkylation sites (N-methyl/N-ethyl adjacent to an activating group) is 1. The molecule has 8 heteroatoms. The van der Waals surface area contributed by atoms with Gasteiger partial charge in [0, 0.05) is 23.9 Å². The average Bonchev–Trinajstić information content (AvgIpc) is 3.00. The van der Waals surface area contributed by atoms with Crippen LogP contribution in [0.25, 0.3) is 0 Å². The number of aliphatic imine (C=N–C) groups is 1. The third kappa shape index (κ3) is 5.27. The van der Waals surface area contributed by atoms with Gasteiger partial charge in [-0.3, -0.25) is 4.79 Å². The van der Waals surface area contributed by atoms with Crippen molar-refractivity contribution < 1.29 is 19.1 Å². The largest absolute Gasteiger partial charge is 0.462 e. The van der Waals surface area contributed by atoms with E-state index in [1.54, 1.807) is 38.2 Å². The molecule has 1 atom stereocenters.